The third kappa shape index (κ3) is 1.52. The summed E-state index contributed by atoms with van der Waals surface area (Å²) in [5.41, 5.74) is 9.30. The molecule has 0 radical (unpaired) electrons. The van der Waals surface area contributed by atoms with Crippen molar-refractivity contribution in [1.29, 1.82) is 0 Å². The standard InChI is InChI=1S/C12H12N4O/c1-16-10(6-14-12(16)5-13)8-2-3-9-11(4-8)17-7-15-9/h2-4,6-7H,5,13H2,1H3. The van der Waals surface area contributed by atoms with Crippen molar-refractivity contribution in [2.45, 2.75) is 6.54 Å². The van der Waals surface area contributed by atoms with Crippen molar-refractivity contribution in [3.63, 3.8) is 0 Å². The molecule has 5 nitrogen and oxygen atoms in total. The highest BCUT2D eigenvalue weighted by Gasteiger charge is 2.08. The van der Waals surface area contributed by atoms with Crippen LogP contribution in [-0.2, 0) is 13.6 Å². The van der Waals surface area contributed by atoms with Crippen LogP contribution < -0.4 is 5.73 Å². The first-order valence-electron chi connectivity index (χ1n) is 5.34. The van der Waals surface area contributed by atoms with Gasteiger partial charge in [0.15, 0.2) is 12.0 Å². The SMILES string of the molecule is Cn1c(-c2ccc3ncoc3c2)cnc1CN. The second kappa shape index (κ2) is 3.71. The van der Waals surface area contributed by atoms with E-state index < -0.39 is 0 Å². The van der Waals surface area contributed by atoms with Crippen molar-refractivity contribution < 1.29 is 4.42 Å². The number of rotatable bonds is 2. The van der Waals surface area contributed by atoms with Gasteiger partial charge in [-0.15, -0.1) is 0 Å². The molecule has 0 aliphatic rings. The molecule has 2 aromatic heterocycles. The number of hydrogen-bond donors (Lipinski definition) is 1. The van der Waals surface area contributed by atoms with Gasteiger partial charge in [0.25, 0.3) is 0 Å². The summed E-state index contributed by atoms with van der Waals surface area (Å²) in [6, 6.07) is 5.89. The van der Waals surface area contributed by atoms with Crippen LogP contribution >= 0.6 is 0 Å². The summed E-state index contributed by atoms with van der Waals surface area (Å²) in [6.45, 7) is 0.432. The van der Waals surface area contributed by atoms with Gasteiger partial charge >= 0.3 is 0 Å². The van der Waals surface area contributed by atoms with E-state index in [9.17, 15) is 0 Å². The highest BCUT2D eigenvalue weighted by atomic mass is 16.3. The average Bonchev–Trinajstić information content (AvgIpc) is 2.94. The molecule has 0 aliphatic heterocycles. The lowest BCUT2D eigenvalue weighted by atomic mass is 10.1. The second-order valence-electron chi connectivity index (χ2n) is 3.86. The maximum Gasteiger partial charge on any atom is 0.181 e. The number of nitrogens with zero attached hydrogens (tertiary/aromatic N) is 3. The van der Waals surface area contributed by atoms with Gasteiger partial charge in [-0.2, -0.15) is 0 Å². The molecule has 0 aliphatic carbocycles. The fourth-order valence-electron chi connectivity index (χ4n) is 1.92. The van der Waals surface area contributed by atoms with Gasteiger partial charge in [0.2, 0.25) is 0 Å². The van der Waals surface area contributed by atoms with Crippen LogP contribution in [0.4, 0.5) is 0 Å². The Morgan fingerprint density at radius 2 is 2.24 bits per heavy atom. The molecular formula is C12H12N4O. The molecule has 3 aromatic rings. The predicted octanol–water partition coefficient (Wildman–Crippen LogP) is 1.69. The Bertz CT molecular complexity index is 668. The van der Waals surface area contributed by atoms with Crippen LogP contribution in [-0.4, -0.2) is 14.5 Å². The van der Waals surface area contributed by atoms with E-state index in [0.29, 0.717) is 6.54 Å². The second-order valence-corrected chi connectivity index (χ2v) is 3.86. The highest BCUT2D eigenvalue weighted by Crippen LogP contribution is 2.24. The molecule has 0 spiro atoms. The van der Waals surface area contributed by atoms with Crippen LogP contribution in [0.3, 0.4) is 0 Å². The summed E-state index contributed by atoms with van der Waals surface area (Å²) in [6.07, 6.45) is 3.27. The van der Waals surface area contributed by atoms with Crippen LogP contribution in [0.5, 0.6) is 0 Å². The lowest BCUT2D eigenvalue weighted by Gasteiger charge is -2.04. The number of hydrogen-bond acceptors (Lipinski definition) is 4. The molecule has 86 valence electrons. The van der Waals surface area contributed by atoms with Crippen LogP contribution in [0, 0.1) is 0 Å². The number of benzene rings is 1. The first kappa shape index (κ1) is 10.0. The summed E-state index contributed by atoms with van der Waals surface area (Å²) >= 11 is 0. The van der Waals surface area contributed by atoms with Gasteiger partial charge < -0.3 is 14.7 Å². The molecular weight excluding hydrogens is 216 g/mol. The van der Waals surface area contributed by atoms with Crippen LogP contribution in [0.15, 0.2) is 35.2 Å². The Morgan fingerprint density at radius 1 is 1.35 bits per heavy atom. The first-order valence-corrected chi connectivity index (χ1v) is 5.34. The first-order chi connectivity index (χ1) is 8.29. The van der Waals surface area contributed by atoms with Crippen molar-refractivity contribution in [2.24, 2.45) is 12.8 Å². The summed E-state index contributed by atoms with van der Waals surface area (Å²) in [5.74, 6) is 0.859. The van der Waals surface area contributed by atoms with E-state index in [4.69, 9.17) is 10.2 Å². The van der Waals surface area contributed by atoms with Crippen molar-refractivity contribution in [2.75, 3.05) is 0 Å². The Labute approximate surface area is 97.9 Å². The molecule has 0 unspecified atom stereocenters. The average molecular weight is 228 g/mol. The number of fused-ring (bicyclic) bond motifs is 1. The zero-order valence-corrected chi connectivity index (χ0v) is 9.42. The molecule has 0 amide bonds. The number of imidazole rings is 1. The van der Waals surface area contributed by atoms with Gasteiger partial charge in [-0.1, -0.05) is 6.07 Å². The van der Waals surface area contributed by atoms with E-state index in [-0.39, 0.29) is 0 Å². The number of oxazole rings is 1. The lowest BCUT2D eigenvalue weighted by Crippen LogP contribution is -2.05. The topological polar surface area (TPSA) is 69.9 Å². The van der Waals surface area contributed by atoms with E-state index in [2.05, 4.69) is 9.97 Å². The molecule has 2 heterocycles. The summed E-state index contributed by atoms with van der Waals surface area (Å²) < 4.78 is 7.27. The monoisotopic (exact) mass is 228 g/mol. The minimum absolute atomic E-state index is 0.432. The van der Waals surface area contributed by atoms with Gasteiger partial charge in [0, 0.05) is 12.6 Å². The third-order valence-electron chi connectivity index (χ3n) is 2.89. The smallest absolute Gasteiger partial charge is 0.181 e. The molecule has 17 heavy (non-hydrogen) atoms. The molecule has 0 saturated heterocycles. The summed E-state index contributed by atoms with van der Waals surface area (Å²) in [4.78, 5) is 8.36. The van der Waals surface area contributed by atoms with Gasteiger partial charge in [0.05, 0.1) is 18.4 Å². The lowest BCUT2D eigenvalue weighted by molar-refractivity contribution is 0.602. The van der Waals surface area contributed by atoms with Gasteiger partial charge in [-0.05, 0) is 12.1 Å². The molecule has 5 heteroatoms. The zero-order chi connectivity index (χ0) is 11.8. The maximum absolute atomic E-state index is 5.60. The van der Waals surface area contributed by atoms with Crippen LogP contribution in [0.25, 0.3) is 22.4 Å². The minimum Gasteiger partial charge on any atom is -0.443 e. The Hall–Kier alpha value is -2.14. The number of aromatic nitrogens is 3. The van der Waals surface area contributed by atoms with Crippen molar-refractivity contribution in [3.8, 4) is 11.3 Å². The predicted molar refractivity (Wildman–Crippen MR) is 64.1 cm³/mol. The van der Waals surface area contributed by atoms with Crippen molar-refractivity contribution in [1.82, 2.24) is 14.5 Å². The van der Waals surface area contributed by atoms with Crippen molar-refractivity contribution >= 4 is 11.1 Å². The normalized spacial score (nSPS) is 11.2. The van der Waals surface area contributed by atoms with Gasteiger partial charge in [-0.3, -0.25) is 0 Å². The van der Waals surface area contributed by atoms with Crippen LogP contribution in [0.1, 0.15) is 5.82 Å². The van der Waals surface area contributed by atoms with E-state index in [1.165, 1.54) is 6.39 Å². The molecule has 0 saturated carbocycles. The Morgan fingerprint density at radius 3 is 3.00 bits per heavy atom. The molecule has 2 N–H and O–H groups in total. The molecule has 3 rings (SSSR count). The number of nitrogens with two attached hydrogens (primary N) is 1. The quantitative estimate of drug-likeness (QED) is 0.724. The molecule has 0 atom stereocenters. The van der Waals surface area contributed by atoms with Crippen molar-refractivity contribution in [3.05, 3.63) is 36.6 Å². The van der Waals surface area contributed by atoms with Crippen LogP contribution in [0.2, 0.25) is 0 Å². The van der Waals surface area contributed by atoms with E-state index in [1.54, 1.807) is 0 Å². The fourth-order valence-corrected chi connectivity index (χ4v) is 1.92. The fraction of sp³-hybridized carbons (Fsp3) is 0.167. The maximum atomic E-state index is 5.60. The summed E-state index contributed by atoms with van der Waals surface area (Å²) in [7, 11) is 1.95. The van der Waals surface area contributed by atoms with Gasteiger partial charge in [0.1, 0.15) is 11.3 Å². The molecule has 0 bridgehead atoms. The molecule has 1 aromatic carbocycles. The van der Waals surface area contributed by atoms with E-state index >= 15 is 0 Å². The Kier molecular flexibility index (Phi) is 2.19. The highest BCUT2D eigenvalue weighted by molar-refractivity contribution is 5.78. The van der Waals surface area contributed by atoms with E-state index in [0.717, 1.165) is 28.2 Å². The zero-order valence-electron chi connectivity index (χ0n) is 9.42. The molecule has 0 fully saturated rings. The van der Waals surface area contributed by atoms with Gasteiger partial charge in [-0.25, -0.2) is 9.97 Å². The minimum atomic E-state index is 0.432. The van der Waals surface area contributed by atoms with E-state index in [1.807, 2.05) is 36.0 Å². The summed E-state index contributed by atoms with van der Waals surface area (Å²) in [5, 5.41) is 0. The third-order valence-corrected chi connectivity index (χ3v) is 2.89. The Balaban J connectivity index is 2.16. The largest absolute Gasteiger partial charge is 0.443 e.